The molecule has 0 saturated heterocycles. The van der Waals surface area contributed by atoms with Crippen LogP contribution in [0.5, 0.6) is 0 Å². The Labute approximate surface area is 257 Å². The van der Waals surface area contributed by atoms with Gasteiger partial charge in [-0.3, -0.25) is 20.2 Å². The van der Waals surface area contributed by atoms with Crippen LogP contribution in [0, 0.1) is 20.2 Å². The molecule has 0 fully saturated rings. The molecule has 4 aromatic carbocycles. The van der Waals surface area contributed by atoms with Gasteiger partial charge in [-0.25, -0.2) is 9.59 Å². The SMILES string of the molecule is C.Nc1ccccc1Cl.O=C(O)c1cccc([N+](=O)[O-])c1Br.O=C(O)c1cccc([N+](=O)[O-])c1Nc1ccccc1Cl. The van der Waals surface area contributed by atoms with Gasteiger partial charge in [0, 0.05) is 12.1 Å². The van der Waals surface area contributed by atoms with Gasteiger partial charge in [0.25, 0.3) is 11.4 Å². The summed E-state index contributed by atoms with van der Waals surface area (Å²) in [7, 11) is 0. The van der Waals surface area contributed by atoms with Crippen molar-refractivity contribution < 1.29 is 29.6 Å². The van der Waals surface area contributed by atoms with E-state index in [9.17, 15) is 29.8 Å². The molecule has 0 unspecified atom stereocenters. The summed E-state index contributed by atoms with van der Waals surface area (Å²) in [6, 6.07) is 21.5. The molecule has 0 aliphatic carbocycles. The van der Waals surface area contributed by atoms with E-state index in [2.05, 4.69) is 21.2 Å². The first-order chi connectivity index (χ1) is 19.3. The molecule has 0 radical (unpaired) electrons. The molecule has 0 atom stereocenters. The number of nitrogens with one attached hydrogen (secondary N) is 1. The molecule has 12 nitrogen and oxygen atoms in total. The van der Waals surface area contributed by atoms with Crippen molar-refractivity contribution in [2.75, 3.05) is 11.1 Å². The van der Waals surface area contributed by atoms with Crippen molar-refractivity contribution in [2.24, 2.45) is 0 Å². The summed E-state index contributed by atoms with van der Waals surface area (Å²) in [6.07, 6.45) is 0. The first-order valence-corrected chi connectivity index (χ1v) is 12.6. The second kappa shape index (κ2) is 16.5. The summed E-state index contributed by atoms with van der Waals surface area (Å²) in [5.41, 5.74) is 5.43. The number of carbonyl (C=O) groups is 2. The van der Waals surface area contributed by atoms with Crippen LogP contribution in [0.3, 0.4) is 0 Å². The molecule has 220 valence electrons. The second-order valence-electron chi connectivity index (χ2n) is 7.59. The maximum absolute atomic E-state index is 11.2. The van der Waals surface area contributed by atoms with Crippen molar-refractivity contribution in [3.63, 3.8) is 0 Å². The normalized spacial score (nSPS) is 9.50. The minimum absolute atomic E-state index is 0. The molecule has 4 rings (SSSR count). The van der Waals surface area contributed by atoms with Crippen LogP contribution in [0.2, 0.25) is 10.0 Å². The lowest BCUT2D eigenvalue weighted by molar-refractivity contribution is -0.385. The Morgan fingerprint density at radius 2 is 1.21 bits per heavy atom. The van der Waals surface area contributed by atoms with Gasteiger partial charge in [0.15, 0.2) is 0 Å². The quantitative estimate of drug-likeness (QED) is 0.0871. The fraction of sp³-hybridized carbons (Fsp3) is 0.0370. The fourth-order valence-electron chi connectivity index (χ4n) is 3.00. The number of nitrogens with two attached hydrogens (primary N) is 1. The van der Waals surface area contributed by atoms with Crippen LogP contribution in [0.15, 0.2) is 89.4 Å². The van der Waals surface area contributed by atoms with Crippen molar-refractivity contribution in [3.05, 3.63) is 131 Å². The van der Waals surface area contributed by atoms with Gasteiger partial charge < -0.3 is 21.3 Å². The number of para-hydroxylation sites is 3. The van der Waals surface area contributed by atoms with Crippen LogP contribution in [-0.2, 0) is 0 Å². The van der Waals surface area contributed by atoms with Crippen LogP contribution in [0.1, 0.15) is 28.1 Å². The number of hydrogen-bond donors (Lipinski definition) is 4. The van der Waals surface area contributed by atoms with Crippen molar-refractivity contribution in [3.8, 4) is 0 Å². The van der Waals surface area contributed by atoms with Crippen molar-refractivity contribution in [1.29, 1.82) is 0 Å². The number of carboxylic acid groups (broad SMARTS) is 2. The highest BCUT2D eigenvalue weighted by Gasteiger charge is 2.22. The standard InChI is InChI=1S/C13H9ClN2O4.C7H4BrNO4.C6H6ClN.CH4/c14-9-5-1-2-6-10(9)15-12-8(13(17)18)4-3-7-11(12)16(19)20;8-6-4(7(10)11)2-1-3-5(6)9(12)13;7-5-3-1-2-4-6(5)8;/h1-7,15H,(H,17,18);1-3H,(H,10,11);1-4H,8H2;1H4. The van der Waals surface area contributed by atoms with Gasteiger partial charge in [0.2, 0.25) is 0 Å². The predicted molar refractivity (Wildman–Crippen MR) is 165 cm³/mol. The Hall–Kier alpha value is -4.72. The lowest BCUT2D eigenvalue weighted by Crippen LogP contribution is -2.06. The first-order valence-electron chi connectivity index (χ1n) is 11.0. The number of nitrogen functional groups attached to an aromatic ring is 1. The minimum Gasteiger partial charge on any atom is -0.478 e. The summed E-state index contributed by atoms with van der Waals surface area (Å²) >= 11 is 14.4. The largest absolute Gasteiger partial charge is 0.478 e. The van der Waals surface area contributed by atoms with Crippen molar-refractivity contribution in [1.82, 2.24) is 0 Å². The summed E-state index contributed by atoms with van der Waals surface area (Å²) < 4.78 is -0.00694. The van der Waals surface area contributed by atoms with E-state index in [1.165, 1.54) is 36.4 Å². The van der Waals surface area contributed by atoms with Gasteiger partial charge in [-0.1, -0.05) is 67.0 Å². The van der Waals surface area contributed by atoms with Gasteiger partial charge in [-0.15, -0.1) is 0 Å². The van der Waals surface area contributed by atoms with Crippen LogP contribution < -0.4 is 11.1 Å². The van der Waals surface area contributed by atoms with E-state index < -0.39 is 21.8 Å². The Morgan fingerprint density at radius 1 is 0.738 bits per heavy atom. The Balaban J connectivity index is 0.000000344. The highest BCUT2D eigenvalue weighted by Crippen LogP contribution is 2.34. The van der Waals surface area contributed by atoms with Gasteiger partial charge in [0.1, 0.15) is 10.2 Å². The van der Waals surface area contributed by atoms with E-state index in [0.29, 0.717) is 21.4 Å². The van der Waals surface area contributed by atoms with Gasteiger partial charge >= 0.3 is 11.9 Å². The Bertz CT molecular complexity index is 1520. The Morgan fingerprint density at radius 3 is 1.67 bits per heavy atom. The van der Waals surface area contributed by atoms with E-state index in [1.807, 2.05) is 12.1 Å². The molecular formula is C27H23BrCl2N4O8. The third kappa shape index (κ3) is 9.73. The molecule has 0 heterocycles. The molecule has 0 aliphatic heterocycles. The lowest BCUT2D eigenvalue weighted by Gasteiger charge is -2.11. The number of aromatic carboxylic acids is 2. The predicted octanol–water partition coefficient (Wildman–Crippen LogP) is 8.30. The van der Waals surface area contributed by atoms with E-state index in [4.69, 9.17) is 39.1 Å². The molecule has 42 heavy (non-hydrogen) atoms. The second-order valence-corrected chi connectivity index (χ2v) is 9.20. The summed E-state index contributed by atoms with van der Waals surface area (Å²) in [6.45, 7) is 0. The maximum atomic E-state index is 11.2. The first kappa shape index (κ1) is 35.3. The van der Waals surface area contributed by atoms with Crippen LogP contribution >= 0.6 is 39.1 Å². The molecule has 15 heteroatoms. The fourth-order valence-corrected chi connectivity index (χ4v) is 3.90. The van der Waals surface area contributed by atoms with E-state index >= 15 is 0 Å². The average molecular weight is 682 g/mol. The highest BCUT2D eigenvalue weighted by molar-refractivity contribution is 9.10. The van der Waals surface area contributed by atoms with Gasteiger partial charge in [0.05, 0.1) is 42.4 Å². The summed E-state index contributed by atoms with van der Waals surface area (Å²) in [5.74, 6) is -2.46. The zero-order valence-corrected chi connectivity index (χ0v) is 23.6. The third-order valence-corrected chi connectivity index (χ3v) is 6.42. The number of nitro benzene ring substituents is 2. The smallest absolute Gasteiger partial charge is 0.338 e. The number of benzene rings is 4. The molecule has 0 spiro atoms. The van der Waals surface area contributed by atoms with E-state index in [-0.39, 0.29) is 40.1 Å². The molecule has 0 bridgehead atoms. The lowest BCUT2D eigenvalue weighted by atomic mass is 10.1. The number of nitro groups is 2. The monoisotopic (exact) mass is 680 g/mol. The molecule has 0 amide bonds. The number of hydrogen-bond acceptors (Lipinski definition) is 8. The number of nitrogens with zero attached hydrogens (tertiary/aromatic N) is 2. The average Bonchev–Trinajstić information content (AvgIpc) is 2.92. The molecule has 0 saturated carbocycles. The number of anilines is 3. The molecule has 4 aromatic rings. The van der Waals surface area contributed by atoms with Crippen LogP contribution in [-0.4, -0.2) is 32.0 Å². The minimum atomic E-state index is -1.26. The van der Waals surface area contributed by atoms with Gasteiger partial charge in [-0.2, -0.15) is 0 Å². The zero-order chi connectivity index (χ0) is 30.7. The topological polar surface area (TPSA) is 199 Å². The van der Waals surface area contributed by atoms with E-state index in [0.717, 1.165) is 0 Å². The molecule has 0 aromatic heterocycles. The van der Waals surface area contributed by atoms with Crippen molar-refractivity contribution in [2.45, 2.75) is 7.43 Å². The maximum Gasteiger partial charge on any atom is 0.338 e. The summed E-state index contributed by atoms with van der Waals surface area (Å²) in [5, 5.41) is 42.8. The van der Waals surface area contributed by atoms with E-state index in [1.54, 1.807) is 36.4 Å². The molecule has 0 aliphatic rings. The number of rotatable bonds is 6. The Kier molecular flexibility index (Phi) is 13.9. The summed E-state index contributed by atoms with van der Waals surface area (Å²) in [4.78, 5) is 41.8. The third-order valence-electron chi connectivity index (χ3n) is 4.91. The zero-order valence-electron chi connectivity index (χ0n) is 20.5. The molecular weight excluding hydrogens is 659 g/mol. The highest BCUT2D eigenvalue weighted by atomic mass is 79.9. The van der Waals surface area contributed by atoms with Crippen LogP contribution in [0.4, 0.5) is 28.4 Å². The number of halogens is 3. The molecule has 5 N–H and O–H groups in total. The van der Waals surface area contributed by atoms with Gasteiger partial charge in [-0.05, 0) is 52.3 Å². The van der Waals surface area contributed by atoms with Crippen LogP contribution in [0.25, 0.3) is 0 Å². The number of carboxylic acids is 2. The van der Waals surface area contributed by atoms with Crippen molar-refractivity contribution >= 4 is 79.5 Å².